The molecule has 0 saturated carbocycles. The summed E-state index contributed by atoms with van der Waals surface area (Å²) in [6.07, 6.45) is 4.11. The normalized spacial score (nSPS) is 16.5. The zero-order chi connectivity index (χ0) is 7.68. The minimum Gasteiger partial charge on any atom is -0.460 e. The SMILES string of the molecule is Brc1ccoc1C1OC=CO1. The van der Waals surface area contributed by atoms with Gasteiger partial charge in [-0.05, 0) is 22.0 Å². The summed E-state index contributed by atoms with van der Waals surface area (Å²) in [6, 6.07) is 1.79. The topological polar surface area (TPSA) is 31.6 Å². The van der Waals surface area contributed by atoms with E-state index >= 15 is 0 Å². The number of rotatable bonds is 1. The Labute approximate surface area is 71.7 Å². The molecule has 0 saturated heterocycles. The van der Waals surface area contributed by atoms with Crippen LogP contribution in [0.15, 0.2) is 33.7 Å². The largest absolute Gasteiger partial charge is 0.460 e. The van der Waals surface area contributed by atoms with Gasteiger partial charge in [0.2, 0.25) is 0 Å². The van der Waals surface area contributed by atoms with Crippen molar-refractivity contribution < 1.29 is 13.9 Å². The van der Waals surface area contributed by atoms with E-state index in [0.717, 1.165) is 4.47 Å². The van der Waals surface area contributed by atoms with E-state index in [0.29, 0.717) is 5.76 Å². The monoisotopic (exact) mass is 216 g/mol. The Hall–Kier alpha value is -0.900. The maximum absolute atomic E-state index is 5.11. The maximum Gasteiger partial charge on any atom is 0.300 e. The van der Waals surface area contributed by atoms with Crippen molar-refractivity contribution in [3.8, 4) is 0 Å². The van der Waals surface area contributed by atoms with Crippen LogP contribution in [-0.2, 0) is 9.47 Å². The molecule has 1 aliphatic heterocycles. The van der Waals surface area contributed by atoms with Crippen molar-refractivity contribution in [1.82, 2.24) is 0 Å². The Kier molecular flexibility index (Phi) is 1.62. The van der Waals surface area contributed by atoms with Crippen molar-refractivity contribution in [2.45, 2.75) is 6.29 Å². The van der Waals surface area contributed by atoms with E-state index in [9.17, 15) is 0 Å². The number of ether oxygens (including phenoxy) is 2. The van der Waals surface area contributed by atoms with Gasteiger partial charge < -0.3 is 13.9 Å². The van der Waals surface area contributed by atoms with Gasteiger partial charge in [-0.2, -0.15) is 0 Å². The first-order chi connectivity index (χ1) is 5.38. The first-order valence-corrected chi connectivity index (χ1v) is 3.86. The summed E-state index contributed by atoms with van der Waals surface area (Å²) in [5.74, 6) is 0.648. The second kappa shape index (κ2) is 2.62. The number of halogens is 1. The van der Waals surface area contributed by atoms with Crippen LogP contribution in [0.25, 0.3) is 0 Å². The molecule has 0 aromatic carbocycles. The van der Waals surface area contributed by atoms with Crippen molar-refractivity contribution in [2.75, 3.05) is 0 Å². The van der Waals surface area contributed by atoms with Crippen LogP contribution in [0, 0.1) is 0 Å². The van der Waals surface area contributed by atoms with Crippen molar-refractivity contribution >= 4 is 15.9 Å². The molecule has 2 heterocycles. The summed E-state index contributed by atoms with van der Waals surface area (Å²) in [5.41, 5.74) is 0. The van der Waals surface area contributed by atoms with E-state index in [-0.39, 0.29) is 0 Å². The quantitative estimate of drug-likeness (QED) is 0.724. The molecule has 1 aromatic heterocycles. The van der Waals surface area contributed by atoms with Crippen LogP contribution in [0.3, 0.4) is 0 Å². The van der Waals surface area contributed by atoms with E-state index < -0.39 is 6.29 Å². The zero-order valence-corrected chi connectivity index (χ0v) is 7.08. The number of furan rings is 1. The van der Waals surface area contributed by atoms with Crippen LogP contribution in [0.4, 0.5) is 0 Å². The van der Waals surface area contributed by atoms with Crippen molar-refractivity contribution in [3.63, 3.8) is 0 Å². The molecule has 0 atom stereocenters. The van der Waals surface area contributed by atoms with Crippen LogP contribution < -0.4 is 0 Å². The second-order valence-electron chi connectivity index (χ2n) is 2.01. The molecule has 0 fully saturated rings. The molecule has 3 nitrogen and oxygen atoms in total. The molecule has 11 heavy (non-hydrogen) atoms. The van der Waals surface area contributed by atoms with Gasteiger partial charge in [-0.25, -0.2) is 0 Å². The molecular weight excluding hydrogens is 212 g/mol. The molecule has 1 aliphatic rings. The summed E-state index contributed by atoms with van der Waals surface area (Å²) in [4.78, 5) is 0. The predicted molar refractivity (Wildman–Crippen MR) is 40.5 cm³/mol. The smallest absolute Gasteiger partial charge is 0.300 e. The van der Waals surface area contributed by atoms with Crippen molar-refractivity contribution in [3.05, 3.63) is 35.1 Å². The van der Waals surface area contributed by atoms with Gasteiger partial charge >= 0.3 is 0 Å². The molecule has 1 aromatic rings. The lowest BCUT2D eigenvalue weighted by Crippen LogP contribution is -1.95. The Bertz CT molecular complexity index is 271. The third-order valence-electron chi connectivity index (χ3n) is 1.32. The lowest BCUT2D eigenvalue weighted by Gasteiger charge is -2.06. The molecule has 0 radical (unpaired) electrons. The standard InChI is InChI=1S/C7H5BrO3/c8-5-1-2-9-6(5)7-10-3-4-11-7/h1-4,7H. The molecule has 4 heteroatoms. The van der Waals surface area contributed by atoms with E-state index in [1.807, 2.05) is 0 Å². The van der Waals surface area contributed by atoms with Gasteiger partial charge in [-0.15, -0.1) is 0 Å². The Morgan fingerprint density at radius 3 is 2.55 bits per heavy atom. The minimum atomic E-state index is -0.431. The van der Waals surface area contributed by atoms with Crippen LogP contribution in [-0.4, -0.2) is 0 Å². The first-order valence-electron chi connectivity index (χ1n) is 3.07. The van der Waals surface area contributed by atoms with Crippen molar-refractivity contribution in [2.24, 2.45) is 0 Å². The second-order valence-corrected chi connectivity index (χ2v) is 2.86. The van der Waals surface area contributed by atoms with Crippen LogP contribution in [0.5, 0.6) is 0 Å². The van der Waals surface area contributed by atoms with Crippen LogP contribution in [0.2, 0.25) is 0 Å². The van der Waals surface area contributed by atoms with E-state index in [2.05, 4.69) is 15.9 Å². The fourth-order valence-electron chi connectivity index (χ4n) is 0.836. The molecule has 0 spiro atoms. The highest BCUT2D eigenvalue weighted by atomic mass is 79.9. The van der Waals surface area contributed by atoms with E-state index in [4.69, 9.17) is 13.9 Å². The highest BCUT2D eigenvalue weighted by Gasteiger charge is 2.21. The molecule has 0 N–H and O–H groups in total. The summed E-state index contributed by atoms with van der Waals surface area (Å²) < 4.78 is 16.1. The third kappa shape index (κ3) is 1.14. The lowest BCUT2D eigenvalue weighted by atomic mass is 10.4. The zero-order valence-electron chi connectivity index (χ0n) is 5.49. The molecule has 2 rings (SSSR count). The summed E-state index contributed by atoms with van der Waals surface area (Å²) >= 11 is 3.29. The molecule has 0 amide bonds. The van der Waals surface area contributed by atoms with Gasteiger partial charge in [-0.1, -0.05) is 0 Å². The molecule has 0 bridgehead atoms. The maximum atomic E-state index is 5.11. The summed E-state index contributed by atoms with van der Waals surface area (Å²) in [5, 5.41) is 0. The molecular formula is C7H5BrO3. The van der Waals surface area contributed by atoms with Gasteiger partial charge in [0.25, 0.3) is 6.29 Å². The Morgan fingerprint density at radius 2 is 2.00 bits per heavy atom. The van der Waals surface area contributed by atoms with E-state index in [1.165, 1.54) is 12.5 Å². The number of hydrogen-bond acceptors (Lipinski definition) is 3. The summed E-state index contributed by atoms with van der Waals surface area (Å²) in [7, 11) is 0. The predicted octanol–water partition coefficient (Wildman–Crippen LogP) is 2.56. The lowest BCUT2D eigenvalue weighted by molar-refractivity contribution is -0.0410. The van der Waals surface area contributed by atoms with Gasteiger partial charge in [0.15, 0.2) is 5.76 Å². The highest BCUT2D eigenvalue weighted by Crippen LogP contribution is 2.30. The van der Waals surface area contributed by atoms with Gasteiger partial charge in [0.05, 0.1) is 10.7 Å². The fourth-order valence-corrected chi connectivity index (χ4v) is 1.22. The third-order valence-corrected chi connectivity index (χ3v) is 1.97. The van der Waals surface area contributed by atoms with Gasteiger partial charge in [0, 0.05) is 0 Å². The number of hydrogen-bond donors (Lipinski definition) is 0. The van der Waals surface area contributed by atoms with Gasteiger partial charge in [-0.3, -0.25) is 0 Å². The average Bonchev–Trinajstić information content (AvgIpc) is 2.55. The van der Waals surface area contributed by atoms with E-state index in [1.54, 1.807) is 12.3 Å². The molecule has 58 valence electrons. The van der Waals surface area contributed by atoms with Gasteiger partial charge in [0.1, 0.15) is 12.5 Å². The average molecular weight is 217 g/mol. The Balaban J connectivity index is 2.22. The molecule has 0 aliphatic carbocycles. The van der Waals surface area contributed by atoms with Crippen LogP contribution >= 0.6 is 15.9 Å². The first kappa shape index (κ1) is 6.79. The van der Waals surface area contributed by atoms with Crippen molar-refractivity contribution in [1.29, 1.82) is 0 Å². The fraction of sp³-hybridized carbons (Fsp3) is 0.143. The summed E-state index contributed by atoms with van der Waals surface area (Å²) in [6.45, 7) is 0. The molecule has 0 unspecified atom stereocenters. The Morgan fingerprint density at radius 1 is 1.27 bits per heavy atom. The highest BCUT2D eigenvalue weighted by molar-refractivity contribution is 9.10. The minimum absolute atomic E-state index is 0.431. The van der Waals surface area contributed by atoms with Crippen LogP contribution in [0.1, 0.15) is 12.1 Å².